The Labute approximate surface area is 186 Å². The van der Waals surface area contributed by atoms with Crippen molar-refractivity contribution >= 4 is 11.6 Å². The van der Waals surface area contributed by atoms with Crippen molar-refractivity contribution < 1.29 is 22.3 Å². The summed E-state index contributed by atoms with van der Waals surface area (Å²) in [6, 6.07) is 15.6. The van der Waals surface area contributed by atoms with Crippen molar-refractivity contribution in [3.63, 3.8) is 0 Å². The highest BCUT2D eigenvalue weighted by Gasteiger charge is 2.31. The Hall–Kier alpha value is -3.39. The van der Waals surface area contributed by atoms with E-state index in [0.717, 1.165) is 22.3 Å². The van der Waals surface area contributed by atoms with Gasteiger partial charge in [-0.1, -0.05) is 41.9 Å². The molecule has 0 bridgehead atoms. The van der Waals surface area contributed by atoms with Crippen LogP contribution in [0.1, 0.15) is 5.56 Å². The number of halogens is 5. The van der Waals surface area contributed by atoms with Crippen molar-refractivity contribution in [3.8, 4) is 39.7 Å². The second kappa shape index (κ2) is 8.27. The Morgan fingerprint density at radius 1 is 0.969 bits per heavy atom. The van der Waals surface area contributed by atoms with Crippen molar-refractivity contribution in [2.45, 2.75) is 13.3 Å². The molecule has 3 aromatic carbocycles. The lowest BCUT2D eigenvalue weighted by Crippen LogP contribution is -2.16. The molecule has 0 aliphatic carbocycles. The molecule has 9 heteroatoms. The topological polar surface area (TPSA) is 39.9 Å². The molecule has 0 aliphatic heterocycles. The highest BCUT2D eigenvalue weighted by atomic mass is 35.5. The van der Waals surface area contributed by atoms with Gasteiger partial charge in [0.2, 0.25) is 0 Å². The number of alkyl halides is 3. The minimum absolute atomic E-state index is 0.130. The third kappa shape index (κ3) is 4.45. The zero-order valence-electron chi connectivity index (χ0n) is 16.9. The van der Waals surface area contributed by atoms with E-state index < -0.39 is 12.2 Å². The SMILES string of the molecule is Cc1cc(-c2nc(-c3c(F)cccc3Cl)nn2C)ccc1-c1ccc(OC(F)(F)F)cc1. The zero-order valence-corrected chi connectivity index (χ0v) is 17.7. The maximum Gasteiger partial charge on any atom is 0.573 e. The monoisotopic (exact) mass is 461 g/mol. The standard InChI is InChI=1S/C23H16ClF4N3O/c1-13-12-15(8-11-17(13)14-6-9-16(10-7-14)32-23(26,27)28)22-29-21(30-31(22)2)20-18(24)4-3-5-19(20)25/h3-12H,1-2H3. The minimum atomic E-state index is -4.74. The molecule has 0 fully saturated rings. The molecule has 32 heavy (non-hydrogen) atoms. The van der Waals surface area contributed by atoms with Crippen LogP contribution in [0.2, 0.25) is 5.02 Å². The van der Waals surface area contributed by atoms with Crippen LogP contribution in [0.3, 0.4) is 0 Å². The van der Waals surface area contributed by atoms with Crippen molar-refractivity contribution in [2.75, 3.05) is 0 Å². The van der Waals surface area contributed by atoms with Gasteiger partial charge in [0.15, 0.2) is 11.6 Å². The molecular formula is C23H16ClF4N3O. The van der Waals surface area contributed by atoms with Gasteiger partial charge in [-0.15, -0.1) is 13.2 Å². The molecule has 4 rings (SSSR count). The second-order valence-corrected chi connectivity index (χ2v) is 7.49. The highest BCUT2D eigenvalue weighted by molar-refractivity contribution is 6.33. The van der Waals surface area contributed by atoms with Crippen LogP contribution in [0.5, 0.6) is 5.75 Å². The lowest BCUT2D eigenvalue weighted by atomic mass is 9.98. The van der Waals surface area contributed by atoms with E-state index in [1.807, 2.05) is 25.1 Å². The molecule has 0 saturated carbocycles. The average molecular weight is 462 g/mol. The summed E-state index contributed by atoms with van der Waals surface area (Å²) in [4.78, 5) is 4.47. The largest absolute Gasteiger partial charge is 0.573 e. The number of hydrogen-bond acceptors (Lipinski definition) is 3. The van der Waals surface area contributed by atoms with Gasteiger partial charge >= 0.3 is 6.36 Å². The van der Waals surface area contributed by atoms with Gasteiger partial charge < -0.3 is 4.74 Å². The Morgan fingerprint density at radius 2 is 1.66 bits per heavy atom. The Morgan fingerprint density at radius 3 is 2.28 bits per heavy atom. The third-order valence-electron chi connectivity index (χ3n) is 4.83. The smallest absolute Gasteiger partial charge is 0.406 e. The van der Waals surface area contributed by atoms with Crippen molar-refractivity contribution in [1.29, 1.82) is 0 Å². The Kier molecular flexibility index (Phi) is 5.64. The fraction of sp³-hybridized carbons (Fsp3) is 0.130. The van der Waals surface area contributed by atoms with Crippen LogP contribution in [0.25, 0.3) is 33.9 Å². The van der Waals surface area contributed by atoms with Crippen LogP contribution in [0.4, 0.5) is 17.6 Å². The molecule has 0 atom stereocenters. The van der Waals surface area contributed by atoms with Gasteiger partial charge in [0.25, 0.3) is 0 Å². The number of ether oxygens (including phenoxy) is 1. The van der Waals surface area contributed by atoms with E-state index in [9.17, 15) is 17.6 Å². The zero-order chi connectivity index (χ0) is 23.0. The molecule has 0 N–H and O–H groups in total. The van der Waals surface area contributed by atoms with E-state index in [2.05, 4.69) is 14.8 Å². The van der Waals surface area contributed by atoms with Gasteiger partial charge in [-0.05, 0) is 53.9 Å². The third-order valence-corrected chi connectivity index (χ3v) is 5.15. The van der Waals surface area contributed by atoms with Gasteiger partial charge in [0.05, 0.1) is 10.6 Å². The second-order valence-electron chi connectivity index (χ2n) is 7.08. The summed E-state index contributed by atoms with van der Waals surface area (Å²) in [6.07, 6.45) is -4.74. The van der Waals surface area contributed by atoms with Gasteiger partial charge in [0, 0.05) is 12.6 Å². The van der Waals surface area contributed by atoms with Crippen LogP contribution in [-0.2, 0) is 7.05 Å². The molecule has 164 valence electrons. The lowest BCUT2D eigenvalue weighted by Gasteiger charge is -2.11. The molecule has 1 heterocycles. The van der Waals surface area contributed by atoms with Crippen molar-refractivity contribution in [1.82, 2.24) is 14.8 Å². The summed E-state index contributed by atoms with van der Waals surface area (Å²) in [5.74, 6) is -0.108. The van der Waals surface area contributed by atoms with Gasteiger partial charge in [0.1, 0.15) is 11.6 Å². The molecule has 0 unspecified atom stereocenters. The molecular weight excluding hydrogens is 446 g/mol. The van der Waals surface area contributed by atoms with Crippen LogP contribution in [0, 0.1) is 12.7 Å². The molecule has 4 nitrogen and oxygen atoms in total. The first-order chi connectivity index (χ1) is 15.1. The Bertz CT molecular complexity index is 1260. The van der Waals surface area contributed by atoms with E-state index in [0.29, 0.717) is 5.82 Å². The van der Waals surface area contributed by atoms with E-state index in [4.69, 9.17) is 11.6 Å². The summed E-state index contributed by atoms with van der Waals surface area (Å²) in [5.41, 5.74) is 3.33. The Balaban J connectivity index is 1.65. The molecule has 0 spiro atoms. The number of hydrogen-bond donors (Lipinski definition) is 0. The van der Waals surface area contributed by atoms with E-state index >= 15 is 0 Å². The highest BCUT2D eigenvalue weighted by Crippen LogP contribution is 2.33. The molecule has 0 aliphatic rings. The first-order valence-electron chi connectivity index (χ1n) is 9.45. The number of nitrogens with zero attached hydrogens (tertiary/aromatic N) is 3. The summed E-state index contributed by atoms with van der Waals surface area (Å²) in [7, 11) is 1.70. The van der Waals surface area contributed by atoms with Gasteiger partial charge in [-0.3, -0.25) is 0 Å². The normalized spacial score (nSPS) is 11.6. The lowest BCUT2D eigenvalue weighted by molar-refractivity contribution is -0.274. The van der Waals surface area contributed by atoms with Gasteiger partial charge in [-0.25, -0.2) is 14.1 Å². The molecule has 0 saturated heterocycles. The number of aromatic nitrogens is 3. The first-order valence-corrected chi connectivity index (χ1v) is 9.83. The van der Waals surface area contributed by atoms with Crippen LogP contribution in [0.15, 0.2) is 60.7 Å². The summed E-state index contributed by atoms with van der Waals surface area (Å²) >= 11 is 6.13. The predicted molar refractivity (Wildman–Crippen MR) is 114 cm³/mol. The number of benzene rings is 3. The molecule has 4 aromatic rings. The fourth-order valence-electron chi connectivity index (χ4n) is 3.42. The first kappa shape index (κ1) is 21.8. The summed E-state index contributed by atoms with van der Waals surface area (Å²) < 4.78 is 56.8. The van der Waals surface area contributed by atoms with Crippen LogP contribution >= 0.6 is 11.6 Å². The fourth-order valence-corrected chi connectivity index (χ4v) is 3.66. The number of aryl methyl sites for hydroxylation is 2. The molecule has 0 radical (unpaired) electrons. The quantitative estimate of drug-likeness (QED) is 0.313. The maximum atomic E-state index is 14.3. The maximum absolute atomic E-state index is 14.3. The predicted octanol–water partition coefficient (Wildman–Crippen LogP) is 6.82. The van der Waals surface area contributed by atoms with E-state index in [-0.39, 0.29) is 22.2 Å². The average Bonchev–Trinajstić information content (AvgIpc) is 3.08. The molecule has 0 amide bonds. The van der Waals surface area contributed by atoms with E-state index in [1.165, 1.54) is 28.9 Å². The van der Waals surface area contributed by atoms with Crippen LogP contribution < -0.4 is 4.74 Å². The van der Waals surface area contributed by atoms with Crippen molar-refractivity contribution in [3.05, 3.63) is 77.1 Å². The van der Waals surface area contributed by atoms with E-state index in [1.54, 1.807) is 25.2 Å². The van der Waals surface area contributed by atoms with Crippen molar-refractivity contribution in [2.24, 2.45) is 7.05 Å². The summed E-state index contributed by atoms with van der Waals surface area (Å²) in [6.45, 7) is 1.88. The number of rotatable bonds is 4. The summed E-state index contributed by atoms with van der Waals surface area (Å²) in [5, 5.41) is 4.52. The van der Waals surface area contributed by atoms with Gasteiger partial charge in [-0.2, -0.15) is 5.10 Å². The molecule has 1 aromatic heterocycles. The van der Waals surface area contributed by atoms with Crippen LogP contribution in [-0.4, -0.2) is 21.1 Å². The minimum Gasteiger partial charge on any atom is -0.406 e.